The van der Waals surface area contributed by atoms with Gasteiger partial charge < -0.3 is 5.32 Å². The van der Waals surface area contributed by atoms with Gasteiger partial charge in [-0.15, -0.1) is 0 Å². The molecule has 2 N–H and O–H groups in total. The number of rotatable bonds is 5. The molecule has 0 aliphatic heterocycles. The molecular formula is C15H15N5OS. The van der Waals surface area contributed by atoms with Gasteiger partial charge in [-0.2, -0.15) is 16.4 Å². The number of nitrogens with one attached hydrogen (secondary N) is 2. The van der Waals surface area contributed by atoms with Crippen molar-refractivity contribution in [2.24, 2.45) is 0 Å². The van der Waals surface area contributed by atoms with Gasteiger partial charge in [0.1, 0.15) is 0 Å². The third-order valence-electron chi connectivity index (χ3n) is 3.04. The zero-order chi connectivity index (χ0) is 15.2. The summed E-state index contributed by atoms with van der Waals surface area (Å²) in [5, 5.41) is 13.6. The van der Waals surface area contributed by atoms with Crippen LogP contribution in [0.4, 0.5) is 16.3 Å². The van der Waals surface area contributed by atoms with Gasteiger partial charge in [-0.05, 0) is 35.6 Å². The van der Waals surface area contributed by atoms with Crippen molar-refractivity contribution in [1.82, 2.24) is 14.8 Å². The molecule has 3 aromatic rings. The maximum atomic E-state index is 11.8. The Kier molecular flexibility index (Phi) is 4.45. The minimum atomic E-state index is -0.294. The van der Waals surface area contributed by atoms with Gasteiger partial charge in [0, 0.05) is 36.6 Å². The van der Waals surface area contributed by atoms with Gasteiger partial charge in [0.25, 0.3) is 0 Å². The van der Waals surface area contributed by atoms with Gasteiger partial charge >= 0.3 is 6.03 Å². The summed E-state index contributed by atoms with van der Waals surface area (Å²) in [7, 11) is 0. The third kappa shape index (κ3) is 3.92. The number of hydrogen-bond acceptors (Lipinski definition) is 4. The Hall–Kier alpha value is -2.67. The maximum Gasteiger partial charge on any atom is 0.324 e. The van der Waals surface area contributed by atoms with Crippen LogP contribution in [0.15, 0.2) is 53.6 Å². The Morgan fingerprint density at radius 2 is 2.05 bits per heavy atom. The van der Waals surface area contributed by atoms with E-state index < -0.39 is 0 Å². The van der Waals surface area contributed by atoms with E-state index in [0.717, 1.165) is 18.7 Å². The van der Waals surface area contributed by atoms with E-state index >= 15 is 0 Å². The Balaban J connectivity index is 1.51. The van der Waals surface area contributed by atoms with E-state index in [-0.39, 0.29) is 6.03 Å². The monoisotopic (exact) mass is 313 g/mol. The molecule has 0 radical (unpaired) electrons. The number of carbonyl (C=O) groups excluding carboxylic acids is 1. The lowest BCUT2D eigenvalue weighted by atomic mass is 10.2. The van der Waals surface area contributed by atoms with Crippen molar-refractivity contribution in [2.75, 3.05) is 10.6 Å². The van der Waals surface area contributed by atoms with Crippen LogP contribution in [0.2, 0.25) is 0 Å². The molecule has 0 fully saturated rings. The molecule has 0 saturated heterocycles. The standard InChI is InChI=1S/C15H15N5OS/c21-15(17-13-5-10-22-11-13)18-14-4-9-20(19-14)8-3-12-1-6-16-7-2-12/h1-2,4-7,9-11H,3,8H2,(H2,17,18,19,21). The lowest BCUT2D eigenvalue weighted by Crippen LogP contribution is -2.19. The molecule has 0 aromatic carbocycles. The van der Waals surface area contributed by atoms with Crippen molar-refractivity contribution in [3.63, 3.8) is 0 Å². The summed E-state index contributed by atoms with van der Waals surface area (Å²) in [6.07, 6.45) is 6.27. The molecule has 3 aromatic heterocycles. The first-order valence-corrected chi connectivity index (χ1v) is 7.76. The Bertz CT molecular complexity index is 723. The number of carbonyl (C=O) groups is 1. The van der Waals surface area contributed by atoms with Crippen LogP contribution in [-0.4, -0.2) is 20.8 Å². The highest BCUT2D eigenvalue weighted by molar-refractivity contribution is 7.08. The number of hydrogen-bond donors (Lipinski definition) is 2. The van der Waals surface area contributed by atoms with Gasteiger partial charge in [-0.25, -0.2) is 4.79 Å². The van der Waals surface area contributed by atoms with Crippen LogP contribution in [0.3, 0.4) is 0 Å². The van der Waals surface area contributed by atoms with Gasteiger partial charge in [0.05, 0.1) is 5.69 Å². The van der Waals surface area contributed by atoms with Crippen molar-refractivity contribution < 1.29 is 4.79 Å². The van der Waals surface area contributed by atoms with E-state index in [4.69, 9.17) is 0 Å². The fraction of sp³-hybridized carbons (Fsp3) is 0.133. The normalized spacial score (nSPS) is 10.4. The first-order valence-electron chi connectivity index (χ1n) is 6.82. The minimum absolute atomic E-state index is 0.294. The molecule has 0 saturated carbocycles. The molecule has 2 amide bonds. The maximum absolute atomic E-state index is 11.8. The van der Waals surface area contributed by atoms with E-state index in [1.807, 2.05) is 35.2 Å². The SMILES string of the molecule is O=C(Nc1ccsc1)Nc1ccn(CCc2ccncc2)n1. The van der Waals surface area contributed by atoms with E-state index in [2.05, 4.69) is 20.7 Å². The number of pyridine rings is 1. The lowest BCUT2D eigenvalue weighted by molar-refractivity contribution is 0.262. The average Bonchev–Trinajstić information content (AvgIpc) is 3.18. The number of nitrogens with zero attached hydrogens (tertiary/aromatic N) is 3. The molecule has 0 bridgehead atoms. The second-order valence-electron chi connectivity index (χ2n) is 4.66. The molecule has 3 rings (SSSR count). The van der Waals surface area contributed by atoms with Crippen molar-refractivity contribution in [3.05, 3.63) is 59.2 Å². The number of thiophene rings is 1. The third-order valence-corrected chi connectivity index (χ3v) is 3.72. The summed E-state index contributed by atoms with van der Waals surface area (Å²) in [6.45, 7) is 0.748. The Morgan fingerprint density at radius 1 is 1.18 bits per heavy atom. The molecule has 6 nitrogen and oxygen atoms in total. The molecule has 0 aliphatic carbocycles. The quantitative estimate of drug-likeness (QED) is 0.759. The second-order valence-corrected chi connectivity index (χ2v) is 5.44. The van der Waals surface area contributed by atoms with Crippen molar-refractivity contribution in [1.29, 1.82) is 0 Å². The van der Waals surface area contributed by atoms with Crippen molar-refractivity contribution >= 4 is 28.9 Å². The van der Waals surface area contributed by atoms with Crippen LogP contribution < -0.4 is 10.6 Å². The largest absolute Gasteiger partial charge is 0.324 e. The molecule has 3 heterocycles. The fourth-order valence-electron chi connectivity index (χ4n) is 1.96. The van der Waals surface area contributed by atoms with Crippen LogP contribution in [0.5, 0.6) is 0 Å². The van der Waals surface area contributed by atoms with Crippen molar-refractivity contribution in [3.8, 4) is 0 Å². The van der Waals surface area contributed by atoms with Gasteiger partial charge in [0.15, 0.2) is 5.82 Å². The molecule has 7 heteroatoms. The van der Waals surface area contributed by atoms with E-state index in [9.17, 15) is 4.79 Å². The Labute approximate surface area is 131 Å². The smallest absolute Gasteiger partial charge is 0.307 e. The number of aryl methyl sites for hydroxylation is 2. The topological polar surface area (TPSA) is 71.8 Å². The van der Waals surface area contributed by atoms with Gasteiger partial charge in [-0.3, -0.25) is 15.0 Å². The van der Waals surface area contributed by atoms with Crippen LogP contribution in [-0.2, 0) is 13.0 Å². The molecule has 22 heavy (non-hydrogen) atoms. The predicted octanol–water partition coefficient (Wildman–Crippen LogP) is 3.23. The second kappa shape index (κ2) is 6.86. The molecule has 0 unspecified atom stereocenters. The summed E-state index contributed by atoms with van der Waals surface area (Å²) in [6, 6.07) is 7.29. The highest BCUT2D eigenvalue weighted by atomic mass is 32.1. The molecule has 0 aliphatic rings. The number of urea groups is 1. The summed E-state index contributed by atoms with van der Waals surface area (Å²) in [5.74, 6) is 0.530. The van der Waals surface area contributed by atoms with Crippen molar-refractivity contribution in [2.45, 2.75) is 13.0 Å². The van der Waals surface area contributed by atoms with Crippen LogP contribution in [0.25, 0.3) is 0 Å². The lowest BCUT2D eigenvalue weighted by Gasteiger charge is -2.04. The van der Waals surface area contributed by atoms with Gasteiger partial charge in [-0.1, -0.05) is 0 Å². The molecule has 112 valence electrons. The summed E-state index contributed by atoms with van der Waals surface area (Å²) < 4.78 is 1.81. The zero-order valence-electron chi connectivity index (χ0n) is 11.8. The van der Waals surface area contributed by atoms with Crippen LogP contribution in [0.1, 0.15) is 5.56 Å². The number of amides is 2. The summed E-state index contributed by atoms with van der Waals surface area (Å²) in [4.78, 5) is 15.8. The fourth-order valence-corrected chi connectivity index (χ4v) is 2.55. The number of anilines is 2. The highest BCUT2D eigenvalue weighted by Gasteiger charge is 2.05. The minimum Gasteiger partial charge on any atom is -0.307 e. The summed E-state index contributed by atoms with van der Waals surface area (Å²) >= 11 is 1.53. The molecule has 0 spiro atoms. The van der Waals surface area contributed by atoms with E-state index in [1.165, 1.54) is 16.9 Å². The van der Waals surface area contributed by atoms with Crippen LogP contribution >= 0.6 is 11.3 Å². The van der Waals surface area contributed by atoms with Gasteiger partial charge in [0.2, 0.25) is 0 Å². The highest BCUT2D eigenvalue weighted by Crippen LogP contribution is 2.12. The zero-order valence-corrected chi connectivity index (χ0v) is 12.6. The van der Waals surface area contributed by atoms with Crippen LogP contribution in [0, 0.1) is 0 Å². The average molecular weight is 313 g/mol. The predicted molar refractivity (Wildman–Crippen MR) is 87.1 cm³/mol. The first kappa shape index (κ1) is 14.3. The first-order chi connectivity index (χ1) is 10.8. The Morgan fingerprint density at radius 3 is 2.82 bits per heavy atom. The molecule has 0 atom stereocenters. The van der Waals surface area contributed by atoms with E-state index in [0.29, 0.717) is 5.82 Å². The van der Waals surface area contributed by atoms with E-state index in [1.54, 1.807) is 23.1 Å². The summed E-state index contributed by atoms with van der Waals surface area (Å²) in [5.41, 5.74) is 1.98. The number of aromatic nitrogens is 3. The molecular weight excluding hydrogens is 298 g/mol.